The number of carbonyl (C=O) groups excluding carboxylic acids is 1. The van der Waals surface area contributed by atoms with Gasteiger partial charge in [0.15, 0.2) is 23.0 Å². The molecule has 2 aromatic carbocycles. The van der Waals surface area contributed by atoms with Crippen molar-refractivity contribution in [3.8, 4) is 29.1 Å². The third kappa shape index (κ3) is 4.46. The van der Waals surface area contributed by atoms with Gasteiger partial charge in [0.05, 0.1) is 29.7 Å². The van der Waals surface area contributed by atoms with Gasteiger partial charge < -0.3 is 18.9 Å². The van der Waals surface area contributed by atoms with Crippen LogP contribution >= 0.6 is 27.5 Å². The van der Waals surface area contributed by atoms with Gasteiger partial charge in [-0.05, 0) is 30.7 Å². The van der Waals surface area contributed by atoms with E-state index in [0.717, 1.165) is 0 Å². The molecular formula is C19H15BrClNO5. The molecule has 1 aliphatic heterocycles. The first-order valence-corrected chi connectivity index (χ1v) is 9.34. The van der Waals surface area contributed by atoms with E-state index in [9.17, 15) is 4.79 Å². The van der Waals surface area contributed by atoms with Crippen molar-refractivity contribution < 1.29 is 23.7 Å². The van der Waals surface area contributed by atoms with E-state index in [2.05, 4.69) is 15.9 Å². The number of nitriles is 1. The zero-order valence-electron chi connectivity index (χ0n) is 14.4. The fourth-order valence-electron chi connectivity index (χ4n) is 2.54. The van der Waals surface area contributed by atoms with Gasteiger partial charge in [-0.1, -0.05) is 27.5 Å². The number of rotatable bonds is 5. The number of ether oxygens (including phenoxy) is 4. The zero-order valence-corrected chi connectivity index (χ0v) is 16.7. The van der Waals surface area contributed by atoms with Crippen LogP contribution in [-0.4, -0.2) is 25.8 Å². The number of esters is 1. The Kier molecular flexibility index (Phi) is 6.09. The fourth-order valence-corrected chi connectivity index (χ4v) is 3.25. The highest BCUT2D eigenvalue weighted by atomic mass is 79.9. The molecule has 0 aromatic heterocycles. The predicted molar refractivity (Wildman–Crippen MR) is 102 cm³/mol. The number of carbonyl (C=O) groups is 1. The molecule has 2 aromatic rings. The maximum Gasteiger partial charge on any atom is 0.315 e. The smallest absolute Gasteiger partial charge is 0.315 e. The lowest BCUT2D eigenvalue weighted by molar-refractivity contribution is -0.133. The summed E-state index contributed by atoms with van der Waals surface area (Å²) < 4.78 is 22.6. The maximum atomic E-state index is 12.5. The molecule has 1 heterocycles. The van der Waals surface area contributed by atoms with Gasteiger partial charge in [-0.3, -0.25) is 4.79 Å². The Labute approximate surface area is 169 Å². The van der Waals surface area contributed by atoms with Crippen LogP contribution < -0.4 is 18.9 Å². The number of halogens is 2. The van der Waals surface area contributed by atoms with Crippen molar-refractivity contribution in [2.45, 2.75) is 13.3 Å². The minimum atomic E-state index is -0.528. The lowest BCUT2D eigenvalue weighted by Gasteiger charge is -2.20. The van der Waals surface area contributed by atoms with Crippen LogP contribution in [0.3, 0.4) is 0 Å². The molecule has 140 valence electrons. The van der Waals surface area contributed by atoms with Crippen LogP contribution in [0, 0.1) is 11.3 Å². The summed E-state index contributed by atoms with van der Waals surface area (Å²) in [6.45, 7) is 3.06. The number of benzene rings is 2. The molecule has 0 saturated heterocycles. The number of fused-ring (bicyclic) bond motifs is 1. The molecule has 0 aliphatic carbocycles. The van der Waals surface area contributed by atoms with Crippen LogP contribution in [0.4, 0.5) is 0 Å². The molecule has 0 amide bonds. The van der Waals surface area contributed by atoms with Gasteiger partial charge in [0.25, 0.3) is 0 Å². The second-order valence-electron chi connectivity index (χ2n) is 5.57. The summed E-state index contributed by atoms with van der Waals surface area (Å²) in [5.41, 5.74) is 1.00. The third-order valence-electron chi connectivity index (χ3n) is 3.70. The Bertz CT molecular complexity index is 925. The van der Waals surface area contributed by atoms with E-state index in [1.165, 1.54) is 12.1 Å². The van der Waals surface area contributed by atoms with Gasteiger partial charge in [-0.25, -0.2) is 0 Å². The first kappa shape index (κ1) is 19.3. The van der Waals surface area contributed by atoms with Crippen LogP contribution in [-0.2, 0) is 11.2 Å². The Morgan fingerprint density at radius 3 is 2.63 bits per heavy atom. The molecule has 0 fully saturated rings. The molecule has 6 nitrogen and oxygen atoms in total. The van der Waals surface area contributed by atoms with Crippen molar-refractivity contribution in [2.75, 3.05) is 19.8 Å². The summed E-state index contributed by atoms with van der Waals surface area (Å²) in [6.07, 6.45) is -0.0148. The van der Waals surface area contributed by atoms with Crippen molar-refractivity contribution in [1.29, 1.82) is 5.26 Å². The zero-order chi connectivity index (χ0) is 19.4. The monoisotopic (exact) mass is 451 g/mol. The summed E-state index contributed by atoms with van der Waals surface area (Å²) >= 11 is 9.60. The number of hydrogen-bond acceptors (Lipinski definition) is 6. The van der Waals surface area contributed by atoms with E-state index in [0.29, 0.717) is 46.9 Å². The quantitative estimate of drug-likeness (QED) is 0.497. The SMILES string of the molecule is CCOc1cc(C#N)cc(Cl)c1OC(=O)Cc1cc2c(cc1Br)OCCO2. The maximum absolute atomic E-state index is 12.5. The molecule has 0 unspecified atom stereocenters. The summed E-state index contributed by atoms with van der Waals surface area (Å²) in [5.74, 6) is 1.02. The fraction of sp³-hybridized carbons (Fsp3) is 0.263. The van der Waals surface area contributed by atoms with Gasteiger partial charge in [0.1, 0.15) is 13.2 Å². The van der Waals surface area contributed by atoms with E-state index >= 15 is 0 Å². The predicted octanol–water partition coefficient (Wildman–Crippen LogP) is 4.29. The second-order valence-corrected chi connectivity index (χ2v) is 6.83. The standard InChI is InChI=1S/C19H15BrClNO5/c1-2-24-17-6-11(10-22)5-14(21)19(17)27-18(23)8-12-7-15-16(9-13(12)20)26-4-3-25-15/h5-7,9H,2-4,8H2,1H3. The van der Waals surface area contributed by atoms with Crippen LogP contribution in [0.5, 0.6) is 23.0 Å². The number of hydrogen-bond donors (Lipinski definition) is 0. The molecular weight excluding hydrogens is 438 g/mol. The average molecular weight is 453 g/mol. The van der Waals surface area contributed by atoms with Crippen molar-refractivity contribution in [3.63, 3.8) is 0 Å². The highest BCUT2D eigenvalue weighted by Gasteiger charge is 2.20. The highest BCUT2D eigenvalue weighted by Crippen LogP contribution is 2.38. The van der Waals surface area contributed by atoms with Crippen molar-refractivity contribution in [2.24, 2.45) is 0 Å². The minimum absolute atomic E-state index is 0.0148. The number of nitrogens with zero attached hydrogens (tertiary/aromatic N) is 1. The average Bonchev–Trinajstić information content (AvgIpc) is 2.65. The molecule has 0 bridgehead atoms. The van der Waals surface area contributed by atoms with Crippen LogP contribution in [0.1, 0.15) is 18.1 Å². The van der Waals surface area contributed by atoms with Gasteiger partial charge in [-0.2, -0.15) is 5.26 Å². The molecule has 0 radical (unpaired) electrons. The second kappa shape index (κ2) is 8.51. The molecule has 0 saturated carbocycles. The van der Waals surface area contributed by atoms with Gasteiger partial charge in [0, 0.05) is 10.5 Å². The van der Waals surface area contributed by atoms with Gasteiger partial charge >= 0.3 is 5.97 Å². The first-order valence-electron chi connectivity index (χ1n) is 8.17. The largest absolute Gasteiger partial charge is 0.490 e. The van der Waals surface area contributed by atoms with E-state index in [-0.39, 0.29) is 22.9 Å². The normalized spacial score (nSPS) is 12.2. The lowest BCUT2D eigenvalue weighted by atomic mass is 10.1. The van der Waals surface area contributed by atoms with E-state index < -0.39 is 5.97 Å². The van der Waals surface area contributed by atoms with Crippen LogP contribution in [0.2, 0.25) is 5.02 Å². The summed E-state index contributed by atoms with van der Waals surface area (Å²) in [5, 5.41) is 9.18. The Morgan fingerprint density at radius 2 is 1.96 bits per heavy atom. The summed E-state index contributed by atoms with van der Waals surface area (Å²) in [6, 6.07) is 8.40. The van der Waals surface area contributed by atoms with E-state index in [1.54, 1.807) is 19.1 Å². The highest BCUT2D eigenvalue weighted by molar-refractivity contribution is 9.10. The topological polar surface area (TPSA) is 77.8 Å². The molecule has 1 aliphatic rings. The Hall–Kier alpha value is -2.43. The molecule has 8 heteroatoms. The Morgan fingerprint density at radius 1 is 1.26 bits per heavy atom. The van der Waals surface area contributed by atoms with E-state index in [4.69, 9.17) is 35.8 Å². The molecule has 3 rings (SSSR count). The lowest BCUT2D eigenvalue weighted by Crippen LogP contribution is -2.17. The first-order chi connectivity index (χ1) is 13.0. The summed E-state index contributed by atoms with van der Waals surface area (Å²) in [7, 11) is 0. The summed E-state index contributed by atoms with van der Waals surface area (Å²) in [4.78, 5) is 12.5. The third-order valence-corrected chi connectivity index (χ3v) is 4.72. The van der Waals surface area contributed by atoms with Crippen molar-refractivity contribution in [3.05, 3.63) is 44.9 Å². The minimum Gasteiger partial charge on any atom is -0.490 e. The van der Waals surface area contributed by atoms with Crippen LogP contribution in [0.15, 0.2) is 28.7 Å². The molecule has 0 spiro atoms. The van der Waals surface area contributed by atoms with E-state index in [1.807, 2.05) is 6.07 Å². The van der Waals surface area contributed by atoms with Crippen molar-refractivity contribution in [1.82, 2.24) is 0 Å². The van der Waals surface area contributed by atoms with Gasteiger partial charge in [-0.15, -0.1) is 0 Å². The van der Waals surface area contributed by atoms with Gasteiger partial charge in [0.2, 0.25) is 0 Å². The Balaban J connectivity index is 1.81. The van der Waals surface area contributed by atoms with Crippen molar-refractivity contribution >= 4 is 33.5 Å². The molecule has 0 N–H and O–H groups in total. The molecule has 0 atom stereocenters. The molecule has 27 heavy (non-hydrogen) atoms. The van der Waals surface area contributed by atoms with Crippen LogP contribution in [0.25, 0.3) is 0 Å².